The number of benzene rings is 1. The first-order chi connectivity index (χ1) is 8.83. The molecular weight excluding hydrogens is 228 g/mol. The van der Waals surface area contributed by atoms with E-state index in [0.29, 0.717) is 17.4 Å². The van der Waals surface area contributed by atoms with Gasteiger partial charge in [0.25, 0.3) is 5.89 Å². The monoisotopic (exact) mass is 238 g/mol. The first-order valence-corrected chi connectivity index (χ1v) is 5.43. The number of nitrogens with two attached hydrogens (primary N) is 1. The normalized spacial score (nSPS) is 10.4. The van der Waals surface area contributed by atoms with E-state index in [1.807, 2.05) is 30.3 Å². The van der Waals surface area contributed by atoms with Gasteiger partial charge in [-0.25, -0.2) is 0 Å². The van der Waals surface area contributed by atoms with Crippen molar-refractivity contribution in [2.45, 2.75) is 0 Å². The maximum absolute atomic E-state index is 5.71. The molecule has 0 radical (unpaired) electrons. The zero-order valence-corrected chi connectivity index (χ0v) is 9.45. The lowest BCUT2D eigenvalue weighted by molar-refractivity contribution is 0.432. The number of pyridine rings is 1. The summed E-state index contributed by atoms with van der Waals surface area (Å²) < 4.78 is 5.22. The predicted octanol–water partition coefficient (Wildman–Crippen LogP) is 2.38. The predicted molar refractivity (Wildman–Crippen MR) is 67.4 cm³/mol. The molecule has 0 aliphatic rings. The molecule has 0 fully saturated rings. The third-order valence-corrected chi connectivity index (χ3v) is 2.48. The molecule has 0 saturated heterocycles. The highest BCUT2D eigenvalue weighted by Gasteiger charge is 2.10. The van der Waals surface area contributed by atoms with Gasteiger partial charge in [-0.2, -0.15) is 4.98 Å². The van der Waals surface area contributed by atoms with Crippen molar-refractivity contribution in [2.24, 2.45) is 0 Å². The van der Waals surface area contributed by atoms with Crippen LogP contribution in [0.5, 0.6) is 0 Å². The lowest BCUT2D eigenvalue weighted by Crippen LogP contribution is -1.85. The highest BCUT2D eigenvalue weighted by atomic mass is 16.5. The van der Waals surface area contributed by atoms with Crippen LogP contribution < -0.4 is 5.73 Å². The van der Waals surface area contributed by atoms with Gasteiger partial charge >= 0.3 is 0 Å². The number of nitrogen functional groups attached to an aromatic ring is 1. The molecule has 3 rings (SSSR count). The maximum atomic E-state index is 5.71. The van der Waals surface area contributed by atoms with E-state index >= 15 is 0 Å². The summed E-state index contributed by atoms with van der Waals surface area (Å²) in [5, 5.41) is 3.93. The van der Waals surface area contributed by atoms with Crippen LogP contribution in [-0.2, 0) is 0 Å². The average Bonchev–Trinajstić information content (AvgIpc) is 2.89. The quantitative estimate of drug-likeness (QED) is 0.693. The third kappa shape index (κ3) is 1.93. The summed E-state index contributed by atoms with van der Waals surface area (Å²) in [7, 11) is 0. The minimum atomic E-state index is 0.446. The highest BCUT2D eigenvalue weighted by Crippen LogP contribution is 2.22. The van der Waals surface area contributed by atoms with E-state index in [1.165, 1.54) is 0 Å². The fourth-order valence-corrected chi connectivity index (χ4v) is 1.62. The summed E-state index contributed by atoms with van der Waals surface area (Å²) in [6.07, 6.45) is 3.39. The van der Waals surface area contributed by atoms with E-state index in [9.17, 15) is 0 Å². The highest BCUT2D eigenvalue weighted by molar-refractivity contribution is 5.62. The summed E-state index contributed by atoms with van der Waals surface area (Å²) in [5.41, 5.74) is 7.99. The Morgan fingerprint density at radius 1 is 1.06 bits per heavy atom. The van der Waals surface area contributed by atoms with Crippen LogP contribution in [-0.4, -0.2) is 15.1 Å². The largest absolute Gasteiger partial charge is 0.399 e. The second-order valence-corrected chi connectivity index (χ2v) is 3.79. The SMILES string of the molecule is Nc1cccc(-c2nc(-c3cccnc3)no2)c1. The maximum Gasteiger partial charge on any atom is 0.258 e. The van der Waals surface area contributed by atoms with Crippen LogP contribution in [0.1, 0.15) is 0 Å². The van der Waals surface area contributed by atoms with Crippen molar-refractivity contribution in [3.05, 3.63) is 48.8 Å². The Balaban J connectivity index is 2.00. The van der Waals surface area contributed by atoms with Gasteiger partial charge in [-0.15, -0.1) is 0 Å². The summed E-state index contributed by atoms with van der Waals surface area (Å²) in [6, 6.07) is 11.0. The van der Waals surface area contributed by atoms with Gasteiger partial charge in [0.2, 0.25) is 5.82 Å². The Hall–Kier alpha value is -2.69. The van der Waals surface area contributed by atoms with E-state index in [-0.39, 0.29) is 0 Å². The molecule has 88 valence electrons. The van der Waals surface area contributed by atoms with Crippen molar-refractivity contribution >= 4 is 5.69 Å². The van der Waals surface area contributed by atoms with Gasteiger partial charge in [0, 0.05) is 29.2 Å². The van der Waals surface area contributed by atoms with Crippen LogP contribution in [0.2, 0.25) is 0 Å². The first kappa shape index (κ1) is 10.5. The van der Waals surface area contributed by atoms with E-state index in [1.54, 1.807) is 18.5 Å². The number of aromatic nitrogens is 3. The molecule has 2 N–H and O–H groups in total. The Morgan fingerprint density at radius 3 is 2.72 bits per heavy atom. The number of hydrogen-bond acceptors (Lipinski definition) is 5. The second-order valence-electron chi connectivity index (χ2n) is 3.79. The summed E-state index contributed by atoms with van der Waals surface area (Å²) >= 11 is 0. The van der Waals surface area contributed by atoms with Crippen LogP contribution in [0.15, 0.2) is 53.3 Å². The molecular formula is C13H10N4O. The van der Waals surface area contributed by atoms with Gasteiger partial charge in [0.05, 0.1) is 0 Å². The number of nitrogens with zero attached hydrogens (tertiary/aromatic N) is 3. The minimum Gasteiger partial charge on any atom is -0.399 e. The standard InChI is InChI=1S/C13H10N4O/c14-11-5-1-3-9(7-11)13-16-12(17-18-13)10-4-2-6-15-8-10/h1-8H,14H2. The fraction of sp³-hybridized carbons (Fsp3) is 0. The smallest absolute Gasteiger partial charge is 0.258 e. The molecule has 5 nitrogen and oxygen atoms in total. The first-order valence-electron chi connectivity index (χ1n) is 5.43. The molecule has 0 aliphatic heterocycles. The van der Waals surface area contributed by atoms with Crippen LogP contribution in [0.4, 0.5) is 5.69 Å². The molecule has 0 saturated carbocycles. The van der Waals surface area contributed by atoms with Crippen molar-refractivity contribution in [3.63, 3.8) is 0 Å². The number of hydrogen-bond donors (Lipinski definition) is 1. The van der Waals surface area contributed by atoms with Crippen molar-refractivity contribution in [2.75, 3.05) is 5.73 Å². The Bertz CT molecular complexity index is 664. The molecule has 0 aliphatic carbocycles. The van der Waals surface area contributed by atoms with Gasteiger partial charge in [-0.1, -0.05) is 11.2 Å². The summed E-state index contributed by atoms with van der Waals surface area (Å²) in [4.78, 5) is 8.33. The van der Waals surface area contributed by atoms with Crippen molar-refractivity contribution in [1.29, 1.82) is 0 Å². The molecule has 1 aromatic carbocycles. The third-order valence-electron chi connectivity index (χ3n) is 2.48. The Morgan fingerprint density at radius 2 is 1.94 bits per heavy atom. The van der Waals surface area contributed by atoms with Crippen molar-refractivity contribution < 1.29 is 4.52 Å². The minimum absolute atomic E-state index is 0.446. The Kier molecular flexibility index (Phi) is 2.49. The second kappa shape index (κ2) is 4.29. The van der Waals surface area contributed by atoms with Gasteiger partial charge in [0.15, 0.2) is 0 Å². The van der Waals surface area contributed by atoms with Crippen LogP contribution in [0, 0.1) is 0 Å². The molecule has 0 bridgehead atoms. The van der Waals surface area contributed by atoms with Gasteiger partial charge in [0.1, 0.15) is 0 Å². The van der Waals surface area contributed by atoms with Gasteiger partial charge in [-0.3, -0.25) is 4.98 Å². The zero-order valence-electron chi connectivity index (χ0n) is 9.45. The average molecular weight is 238 g/mol. The number of anilines is 1. The molecule has 2 aromatic heterocycles. The molecule has 0 amide bonds. The van der Waals surface area contributed by atoms with Crippen LogP contribution in [0.25, 0.3) is 22.8 Å². The number of rotatable bonds is 2. The zero-order chi connectivity index (χ0) is 12.4. The lowest BCUT2D eigenvalue weighted by Gasteiger charge is -1.95. The molecule has 3 aromatic rings. The molecule has 0 atom stereocenters. The molecule has 0 spiro atoms. The lowest BCUT2D eigenvalue weighted by atomic mass is 10.2. The van der Waals surface area contributed by atoms with Gasteiger partial charge < -0.3 is 10.3 Å². The molecule has 0 unspecified atom stereocenters. The topological polar surface area (TPSA) is 77.8 Å². The van der Waals surface area contributed by atoms with Crippen LogP contribution >= 0.6 is 0 Å². The van der Waals surface area contributed by atoms with E-state index < -0.39 is 0 Å². The summed E-state index contributed by atoms with van der Waals surface area (Å²) in [6.45, 7) is 0. The molecule has 18 heavy (non-hydrogen) atoms. The summed E-state index contributed by atoms with van der Waals surface area (Å²) in [5.74, 6) is 0.960. The molecule has 2 heterocycles. The Labute approximate surface area is 103 Å². The van der Waals surface area contributed by atoms with Crippen LogP contribution in [0.3, 0.4) is 0 Å². The van der Waals surface area contributed by atoms with Crippen molar-refractivity contribution in [1.82, 2.24) is 15.1 Å². The van der Waals surface area contributed by atoms with E-state index in [4.69, 9.17) is 10.3 Å². The van der Waals surface area contributed by atoms with E-state index in [0.717, 1.165) is 11.1 Å². The van der Waals surface area contributed by atoms with E-state index in [2.05, 4.69) is 15.1 Å². The molecule has 5 heteroatoms. The fourth-order valence-electron chi connectivity index (χ4n) is 1.62. The van der Waals surface area contributed by atoms with Gasteiger partial charge in [-0.05, 0) is 30.3 Å². The van der Waals surface area contributed by atoms with Crippen molar-refractivity contribution in [3.8, 4) is 22.8 Å².